The van der Waals surface area contributed by atoms with Crippen LogP contribution in [0.1, 0.15) is 18.9 Å². The largest absolute Gasteiger partial charge is 0.475 e. The fourth-order valence-electron chi connectivity index (χ4n) is 1.35. The lowest BCUT2D eigenvalue weighted by Gasteiger charge is -2.14. The molecular formula is C12H15FN2O. The quantitative estimate of drug-likeness (QED) is 0.830. The molecule has 0 spiro atoms. The van der Waals surface area contributed by atoms with Gasteiger partial charge in [0.2, 0.25) is 0 Å². The first-order valence-electron chi connectivity index (χ1n) is 5.20. The molecule has 0 fully saturated rings. The smallest absolute Gasteiger partial charge is 0.184 e. The van der Waals surface area contributed by atoms with E-state index >= 15 is 0 Å². The van der Waals surface area contributed by atoms with Crippen molar-refractivity contribution in [1.82, 2.24) is 5.32 Å². The standard InChI is InChI=1S/C12H15FN2O/c1-3-11(7-14)16-12-5-4-10(13)6-9(12)8-15-2/h4-6,11,15H,3,8H2,1-2H3. The third-order valence-corrected chi connectivity index (χ3v) is 2.17. The van der Waals surface area contributed by atoms with Crippen LogP contribution in [0, 0.1) is 17.1 Å². The van der Waals surface area contributed by atoms with Gasteiger partial charge in [0, 0.05) is 12.1 Å². The lowest BCUT2D eigenvalue weighted by atomic mass is 10.2. The normalized spacial score (nSPS) is 11.9. The van der Waals surface area contributed by atoms with Gasteiger partial charge in [-0.25, -0.2) is 4.39 Å². The van der Waals surface area contributed by atoms with Gasteiger partial charge in [0.25, 0.3) is 0 Å². The van der Waals surface area contributed by atoms with Crippen molar-refractivity contribution in [1.29, 1.82) is 5.26 Å². The summed E-state index contributed by atoms with van der Waals surface area (Å²) in [6.45, 7) is 2.38. The first kappa shape index (κ1) is 12.5. The van der Waals surface area contributed by atoms with Crippen molar-refractivity contribution in [2.45, 2.75) is 26.0 Å². The molecule has 0 radical (unpaired) electrons. The average molecular weight is 222 g/mol. The zero-order valence-corrected chi connectivity index (χ0v) is 9.46. The molecule has 1 rings (SSSR count). The van der Waals surface area contributed by atoms with Gasteiger partial charge in [0.1, 0.15) is 17.6 Å². The second-order valence-corrected chi connectivity index (χ2v) is 3.43. The Kier molecular flexibility index (Phi) is 4.74. The van der Waals surface area contributed by atoms with Crippen LogP contribution in [0.2, 0.25) is 0 Å². The van der Waals surface area contributed by atoms with Crippen LogP contribution in [0.3, 0.4) is 0 Å². The Bertz CT molecular complexity index is 387. The molecule has 86 valence electrons. The minimum absolute atomic E-state index is 0.303. The topological polar surface area (TPSA) is 45.0 Å². The van der Waals surface area contributed by atoms with Gasteiger partial charge in [0.15, 0.2) is 6.10 Å². The number of hydrogen-bond donors (Lipinski definition) is 1. The summed E-state index contributed by atoms with van der Waals surface area (Å²) in [6.07, 6.45) is 0.119. The van der Waals surface area contributed by atoms with E-state index in [1.165, 1.54) is 12.1 Å². The summed E-state index contributed by atoms with van der Waals surface area (Å²) in [7, 11) is 1.77. The molecule has 0 amide bonds. The van der Waals surface area contributed by atoms with Crippen LogP contribution < -0.4 is 10.1 Å². The molecule has 0 saturated heterocycles. The van der Waals surface area contributed by atoms with Gasteiger partial charge in [-0.05, 0) is 31.7 Å². The van der Waals surface area contributed by atoms with Crippen molar-refractivity contribution < 1.29 is 9.13 Å². The van der Waals surface area contributed by atoms with Crippen molar-refractivity contribution in [3.05, 3.63) is 29.6 Å². The van der Waals surface area contributed by atoms with Crippen LogP contribution in [0.15, 0.2) is 18.2 Å². The summed E-state index contributed by atoms with van der Waals surface area (Å²) in [5.74, 6) is 0.256. The molecule has 0 aliphatic carbocycles. The second kappa shape index (κ2) is 6.09. The van der Waals surface area contributed by atoms with Crippen molar-refractivity contribution in [2.75, 3.05) is 7.05 Å². The minimum atomic E-state index is -0.485. The lowest BCUT2D eigenvalue weighted by molar-refractivity contribution is 0.248. The molecule has 0 bridgehead atoms. The average Bonchev–Trinajstić information content (AvgIpc) is 2.29. The first-order chi connectivity index (χ1) is 7.71. The number of nitrogens with zero attached hydrogens (tertiary/aromatic N) is 1. The molecular weight excluding hydrogens is 207 g/mol. The Balaban J connectivity index is 2.90. The first-order valence-corrected chi connectivity index (χ1v) is 5.20. The van der Waals surface area contributed by atoms with Gasteiger partial charge < -0.3 is 10.1 Å². The molecule has 16 heavy (non-hydrogen) atoms. The van der Waals surface area contributed by atoms with Crippen molar-refractivity contribution in [3.63, 3.8) is 0 Å². The van der Waals surface area contributed by atoms with Gasteiger partial charge in [-0.15, -0.1) is 0 Å². The Morgan fingerprint density at radius 3 is 2.88 bits per heavy atom. The summed E-state index contributed by atoms with van der Waals surface area (Å²) in [6, 6.07) is 6.35. The molecule has 0 aliphatic rings. The van der Waals surface area contributed by atoms with Crippen LogP contribution in [0.25, 0.3) is 0 Å². The zero-order valence-electron chi connectivity index (χ0n) is 9.46. The maximum Gasteiger partial charge on any atom is 0.184 e. The van der Waals surface area contributed by atoms with Gasteiger partial charge in [-0.1, -0.05) is 6.92 Å². The highest BCUT2D eigenvalue weighted by Gasteiger charge is 2.10. The van der Waals surface area contributed by atoms with E-state index in [2.05, 4.69) is 5.32 Å². The number of nitriles is 1. The summed E-state index contributed by atoms with van der Waals surface area (Å²) < 4.78 is 18.5. The van der Waals surface area contributed by atoms with E-state index in [0.717, 1.165) is 5.56 Å². The number of benzene rings is 1. The van der Waals surface area contributed by atoms with E-state index in [-0.39, 0.29) is 5.82 Å². The van der Waals surface area contributed by atoms with Gasteiger partial charge in [-0.3, -0.25) is 0 Å². The SMILES string of the molecule is CCC(C#N)Oc1ccc(F)cc1CNC. The fourth-order valence-corrected chi connectivity index (χ4v) is 1.35. The molecule has 0 saturated carbocycles. The van der Waals surface area contributed by atoms with E-state index in [1.807, 2.05) is 13.0 Å². The van der Waals surface area contributed by atoms with E-state index in [4.69, 9.17) is 10.00 Å². The molecule has 1 aromatic carbocycles. The van der Waals surface area contributed by atoms with Crippen molar-refractivity contribution >= 4 is 0 Å². The monoisotopic (exact) mass is 222 g/mol. The number of rotatable bonds is 5. The van der Waals surface area contributed by atoms with Gasteiger partial charge >= 0.3 is 0 Å². The Hall–Kier alpha value is -1.60. The third kappa shape index (κ3) is 3.21. The molecule has 0 heterocycles. The van der Waals surface area contributed by atoms with Crippen LogP contribution in [0.4, 0.5) is 4.39 Å². The summed E-state index contributed by atoms with van der Waals surface area (Å²) in [5, 5.41) is 11.7. The predicted molar refractivity (Wildman–Crippen MR) is 59.5 cm³/mol. The Morgan fingerprint density at radius 1 is 1.56 bits per heavy atom. The van der Waals surface area contributed by atoms with E-state index in [1.54, 1.807) is 13.1 Å². The number of nitrogens with one attached hydrogen (secondary N) is 1. The molecule has 3 nitrogen and oxygen atoms in total. The van der Waals surface area contributed by atoms with Crippen molar-refractivity contribution in [2.24, 2.45) is 0 Å². The summed E-state index contributed by atoms with van der Waals surface area (Å²) in [5.41, 5.74) is 0.719. The molecule has 1 aromatic rings. The molecule has 0 aromatic heterocycles. The number of halogens is 1. The molecule has 1 unspecified atom stereocenters. The van der Waals surface area contributed by atoms with E-state index in [0.29, 0.717) is 18.7 Å². The zero-order chi connectivity index (χ0) is 12.0. The Morgan fingerprint density at radius 2 is 2.31 bits per heavy atom. The van der Waals surface area contributed by atoms with Crippen molar-refractivity contribution in [3.8, 4) is 11.8 Å². The maximum absolute atomic E-state index is 13.0. The van der Waals surface area contributed by atoms with Crippen LogP contribution in [-0.4, -0.2) is 13.2 Å². The summed E-state index contributed by atoms with van der Waals surface area (Å²) >= 11 is 0. The molecule has 0 aliphatic heterocycles. The fraction of sp³-hybridized carbons (Fsp3) is 0.417. The highest BCUT2D eigenvalue weighted by atomic mass is 19.1. The maximum atomic E-state index is 13.0. The minimum Gasteiger partial charge on any atom is -0.475 e. The number of hydrogen-bond acceptors (Lipinski definition) is 3. The number of ether oxygens (including phenoxy) is 1. The third-order valence-electron chi connectivity index (χ3n) is 2.17. The highest BCUT2D eigenvalue weighted by Crippen LogP contribution is 2.21. The van der Waals surface area contributed by atoms with Crippen LogP contribution in [0.5, 0.6) is 5.75 Å². The predicted octanol–water partition coefficient (Wildman–Crippen LogP) is 2.23. The van der Waals surface area contributed by atoms with Gasteiger partial charge in [-0.2, -0.15) is 5.26 Å². The lowest BCUT2D eigenvalue weighted by Crippen LogP contribution is -2.15. The summed E-state index contributed by atoms with van der Waals surface area (Å²) in [4.78, 5) is 0. The van der Waals surface area contributed by atoms with Gasteiger partial charge in [0.05, 0.1) is 0 Å². The highest BCUT2D eigenvalue weighted by molar-refractivity contribution is 5.34. The van der Waals surface area contributed by atoms with E-state index < -0.39 is 6.10 Å². The van der Waals surface area contributed by atoms with E-state index in [9.17, 15) is 4.39 Å². The molecule has 4 heteroatoms. The molecule has 1 atom stereocenters. The van der Waals surface area contributed by atoms with Crippen LogP contribution >= 0.6 is 0 Å². The van der Waals surface area contributed by atoms with Crippen LogP contribution in [-0.2, 0) is 6.54 Å². The molecule has 1 N–H and O–H groups in total. The second-order valence-electron chi connectivity index (χ2n) is 3.43. The Labute approximate surface area is 94.8 Å².